The van der Waals surface area contributed by atoms with Crippen molar-refractivity contribution >= 4 is 35.1 Å². The molecule has 0 unspecified atom stereocenters. The third-order valence-corrected chi connectivity index (χ3v) is 3.54. The lowest BCUT2D eigenvalue weighted by atomic mass is 10.2. The van der Waals surface area contributed by atoms with Gasteiger partial charge in [-0.25, -0.2) is 4.79 Å². The minimum atomic E-state index is -0.826. The molecule has 1 aliphatic heterocycles. The summed E-state index contributed by atoms with van der Waals surface area (Å²) >= 11 is 3.04. The molecule has 2 heterocycles. The van der Waals surface area contributed by atoms with E-state index in [1.807, 2.05) is 11.5 Å². The summed E-state index contributed by atoms with van der Waals surface area (Å²) in [6, 6.07) is 1.76. The van der Waals surface area contributed by atoms with Crippen molar-refractivity contribution in [1.29, 1.82) is 0 Å². The Morgan fingerprint density at radius 1 is 1.58 bits per heavy atom. The molecule has 1 aromatic rings. The molecule has 0 aliphatic carbocycles. The van der Waals surface area contributed by atoms with E-state index in [0.717, 1.165) is 16.2 Å². The zero-order valence-corrected chi connectivity index (χ0v) is 7.74. The number of rotatable bonds is 1. The van der Waals surface area contributed by atoms with Crippen molar-refractivity contribution < 1.29 is 9.90 Å². The summed E-state index contributed by atoms with van der Waals surface area (Å²) in [6.07, 6.45) is 1.97. The van der Waals surface area contributed by atoms with Gasteiger partial charge in [-0.2, -0.15) is 0 Å². The number of thiophene rings is 1. The highest BCUT2D eigenvalue weighted by Gasteiger charge is 2.13. The number of hydrogen-bond donors (Lipinski definition) is 1. The highest BCUT2D eigenvalue weighted by atomic mass is 32.2. The van der Waals surface area contributed by atoms with Crippen LogP contribution in [0.2, 0.25) is 0 Å². The third-order valence-electron chi connectivity index (χ3n) is 1.61. The van der Waals surface area contributed by atoms with E-state index in [0.29, 0.717) is 4.88 Å². The zero-order chi connectivity index (χ0) is 8.55. The molecule has 0 saturated heterocycles. The summed E-state index contributed by atoms with van der Waals surface area (Å²) in [5.41, 5.74) is 1.14. The maximum Gasteiger partial charge on any atom is 0.345 e. The van der Waals surface area contributed by atoms with Gasteiger partial charge >= 0.3 is 5.97 Å². The number of fused-ring (bicyclic) bond motifs is 1. The lowest BCUT2D eigenvalue weighted by molar-refractivity contribution is 0.0702. The van der Waals surface area contributed by atoms with E-state index in [1.165, 1.54) is 11.3 Å². The van der Waals surface area contributed by atoms with Crippen molar-refractivity contribution in [2.75, 3.05) is 0 Å². The molecule has 62 valence electrons. The molecule has 1 aliphatic rings. The summed E-state index contributed by atoms with van der Waals surface area (Å²) in [6.45, 7) is 0. The smallest absolute Gasteiger partial charge is 0.345 e. The molecule has 0 saturated carbocycles. The fraction of sp³-hybridized carbons (Fsp3) is 0.125. The first-order valence-corrected chi connectivity index (χ1v) is 5.28. The predicted molar refractivity (Wildman–Crippen MR) is 51.6 cm³/mol. The van der Waals surface area contributed by atoms with Gasteiger partial charge < -0.3 is 5.11 Å². The summed E-state index contributed by atoms with van der Waals surface area (Å²) < 4.78 is 0. The number of carboxylic acid groups (broad SMARTS) is 1. The van der Waals surface area contributed by atoms with Gasteiger partial charge in [0.15, 0.2) is 0 Å². The number of carboxylic acids is 1. The van der Waals surface area contributed by atoms with Crippen LogP contribution in [-0.4, -0.2) is 11.1 Å². The second-order valence-corrected chi connectivity index (χ2v) is 4.40. The average molecular weight is 198 g/mol. The van der Waals surface area contributed by atoms with Crippen molar-refractivity contribution in [2.45, 2.75) is 5.75 Å². The zero-order valence-electron chi connectivity index (χ0n) is 6.11. The van der Waals surface area contributed by atoms with Crippen molar-refractivity contribution in [3.05, 3.63) is 26.8 Å². The van der Waals surface area contributed by atoms with E-state index in [4.69, 9.17) is 5.11 Å². The van der Waals surface area contributed by atoms with E-state index >= 15 is 0 Å². The average Bonchev–Trinajstić information content (AvgIpc) is 2.46. The maximum absolute atomic E-state index is 10.6. The Kier molecular flexibility index (Phi) is 1.94. The van der Waals surface area contributed by atoms with Gasteiger partial charge in [0, 0.05) is 10.6 Å². The van der Waals surface area contributed by atoms with Crippen LogP contribution in [0.3, 0.4) is 0 Å². The molecule has 2 nitrogen and oxygen atoms in total. The van der Waals surface area contributed by atoms with Crippen LogP contribution in [0, 0.1) is 0 Å². The molecule has 0 spiro atoms. The Morgan fingerprint density at radius 2 is 2.42 bits per heavy atom. The summed E-state index contributed by atoms with van der Waals surface area (Å²) in [4.78, 5) is 12.1. The van der Waals surface area contributed by atoms with E-state index in [2.05, 4.69) is 0 Å². The summed E-state index contributed by atoms with van der Waals surface area (Å²) in [7, 11) is 0. The fourth-order valence-corrected chi connectivity index (χ4v) is 2.90. The van der Waals surface area contributed by atoms with Gasteiger partial charge in [-0.1, -0.05) is 0 Å². The Hall–Kier alpha value is -0.740. The van der Waals surface area contributed by atoms with Crippen molar-refractivity contribution in [3.63, 3.8) is 0 Å². The van der Waals surface area contributed by atoms with E-state index < -0.39 is 5.97 Å². The van der Waals surface area contributed by atoms with Gasteiger partial charge in [0.2, 0.25) is 0 Å². The molecule has 0 aromatic carbocycles. The Balaban J connectivity index is 2.46. The van der Waals surface area contributed by atoms with Gasteiger partial charge in [-0.05, 0) is 23.1 Å². The van der Waals surface area contributed by atoms with Gasteiger partial charge in [0.05, 0.1) is 0 Å². The molecule has 0 atom stereocenters. The SMILES string of the molecule is O=C(O)c1cc2c(s1)C=CSC2. The first-order valence-electron chi connectivity index (χ1n) is 3.41. The van der Waals surface area contributed by atoms with Crippen LogP contribution in [-0.2, 0) is 5.75 Å². The van der Waals surface area contributed by atoms with Gasteiger partial charge in [-0.15, -0.1) is 23.1 Å². The molecule has 1 N–H and O–H groups in total. The minimum absolute atomic E-state index is 0.437. The van der Waals surface area contributed by atoms with Crippen molar-refractivity contribution in [1.82, 2.24) is 0 Å². The maximum atomic E-state index is 10.6. The van der Waals surface area contributed by atoms with Crippen molar-refractivity contribution in [3.8, 4) is 0 Å². The Morgan fingerprint density at radius 3 is 3.08 bits per heavy atom. The van der Waals surface area contributed by atoms with Gasteiger partial charge in [-0.3, -0.25) is 0 Å². The number of aromatic carboxylic acids is 1. The van der Waals surface area contributed by atoms with Crippen LogP contribution in [0.5, 0.6) is 0 Å². The van der Waals surface area contributed by atoms with Crippen LogP contribution < -0.4 is 0 Å². The second kappa shape index (κ2) is 2.95. The normalized spacial score (nSPS) is 14.3. The second-order valence-electron chi connectivity index (χ2n) is 2.42. The first kappa shape index (κ1) is 7.89. The summed E-state index contributed by atoms with van der Waals surface area (Å²) in [5.74, 6) is 0.0723. The third kappa shape index (κ3) is 1.28. The van der Waals surface area contributed by atoms with E-state index in [-0.39, 0.29) is 0 Å². The van der Waals surface area contributed by atoms with Crippen LogP contribution >= 0.6 is 23.1 Å². The highest BCUT2D eigenvalue weighted by Crippen LogP contribution is 2.32. The molecule has 4 heteroatoms. The molecule has 0 radical (unpaired) electrons. The number of thioether (sulfide) groups is 1. The fourth-order valence-electron chi connectivity index (χ4n) is 1.05. The number of hydrogen-bond acceptors (Lipinski definition) is 3. The summed E-state index contributed by atoms with van der Waals surface area (Å²) in [5, 5.41) is 10.7. The van der Waals surface area contributed by atoms with Crippen LogP contribution in [0.25, 0.3) is 6.08 Å². The molecule has 1 aromatic heterocycles. The van der Waals surface area contributed by atoms with Crippen molar-refractivity contribution in [2.24, 2.45) is 0 Å². The predicted octanol–water partition coefficient (Wildman–Crippen LogP) is 2.66. The lowest BCUT2D eigenvalue weighted by Crippen LogP contribution is -1.90. The Labute approximate surface area is 77.9 Å². The van der Waals surface area contributed by atoms with Crippen LogP contribution in [0.15, 0.2) is 11.5 Å². The van der Waals surface area contributed by atoms with Crippen LogP contribution in [0.1, 0.15) is 20.1 Å². The largest absolute Gasteiger partial charge is 0.477 e. The van der Waals surface area contributed by atoms with Gasteiger partial charge in [0.25, 0.3) is 0 Å². The first-order chi connectivity index (χ1) is 5.77. The molecule has 2 rings (SSSR count). The highest BCUT2D eigenvalue weighted by molar-refractivity contribution is 8.01. The van der Waals surface area contributed by atoms with Crippen LogP contribution in [0.4, 0.5) is 0 Å². The quantitative estimate of drug-likeness (QED) is 0.753. The van der Waals surface area contributed by atoms with E-state index in [1.54, 1.807) is 17.8 Å². The van der Waals surface area contributed by atoms with E-state index in [9.17, 15) is 4.79 Å². The lowest BCUT2D eigenvalue weighted by Gasteiger charge is -2.00. The monoisotopic (exact) mass is 198 g/mol. The molecule has 0 amide bonds. The topological polar surface area (TPSA) is 37.3 Å². The van der Waals surface area contributed by atoms with Gasteiger partial charge in [0.1, 0.15) is 4.88 Å². The molecule has 0 bridgehead atoms. The molecular formula is C8H6O2S2. The number of carbonyl (C=O) groups is 1. The standard InChI is InChI=1S/C8H6O2S2/c9-8(10)7-3-5-4-11-2-1-6(5)12-7/h1-3H,4H2,(H,9,10). The molecule has 0 fully saturated rings. The Bertz CT molecular complexity index is 352. The molecular weight excluding hydrogens is 192 g/mol. The minimum Gasteiger partial charge on any atom is -0.477 e. The molecule has 12 heavy (non-hydrogen) atoms.